The van der Waals surface area contributed by atoms with E-state index < -0.39 is 28.9 Å². The predicted molar refractivity (Wildman–Crippen MR) is 170 cm³/mol. The van der Waals surface area contributed by atoms with Gasteiger partial charge in [0.25, 0.3) is 5.69 Å². The first-order chi connectivity index (χ1) is 22.5. The number of aromatic nitrogens is 2. The van der Waals surface area contributed by atoms with E-state index in [9.17, 15) is 29.3 Å². The van der Waals surface area contributed by atoms with Gasteiger partial charge >= 0.3 is 18.0 Å². The second kappa shape index (κ2) is 14.6. The molecule has 0 spiro atoms. The maximum Gasteiger partial charge on any atom is 0.413 e. The average Bonchev–Trinajstić information content (AvgIpc) is 3.49. The Bertz CT molecular complexity index is 1890. The highest BCUT2D eigenvalue weighted by atomic mass is 16.6. The minimum atomic E-state index is -0.970. The van der Waals surface area contributed by atoms with Crippen molar-refractivity contribution in [3.8, 4) is 0 Å². The summed E-state index contributed by atoms with van der Waals surface area (Å²) in [7, 11) is 3.69. The molecule has 0 bridgehead atoms. The van der Waals surface area contributed by atoms with Crippen molar-refractivity contribution >= 4 is 46.5 Å². The van der Waals surface area contributed by atoms with Gasteiger partial charge in [0.2, 0.25) is 5.95 Å². The lowest BCUT2D eigenvalue weighted by atomic mass is 9.79. The van der Waals surface area contributed by atoms with Crippen LogP contribution in [0.4, 0.5) is 16.4 Å². The molecule has 0 unspecified atom stereocenters. The Balaban J connectivity index is 0.000000214. The molecule has 47 heavy (non-hydrogen) atoms. The number of nitrogens with one attached hydrogen (secondary N) is 3. The van der Waals surface area contributed by atoms with Crippen LogP contribution in [-0.4, -0.2) is 60.0 Å². The molecule has 14 nitrogen and oxygen atoms in total. The van der Waals surface area contributed by atoms with E-state index in [1.165, 1.54) is 39.5 Å². The number of rotatable bonds is 7. The number of ether oxygens (including phenoxy) is 3. The molecule has 0 radical (unpaired) electrons. The van der Waals surface area contributed by atoms with Gasteiger partial charge in [0.1, 0.15) is 0 Å². The Morgan fingerprint density at radius 2 is 1.40 bits per heavy atom. The summed E-state index contributed by atoms with van der Waals surface area (Å²) in [5, 5.41) is 16.8. The number of carbonyl (C=O) groups is 4. The lowest BCUT2D eigenvalue weighted by molar-refractivity contribution is -0.385. The Hall–Kier alpha value is -6.31. The van der Waals surface area contributed by atoms with Crippen molar-refractivity contribution in [1.82, 2.24) is 15.3 Å². The van der Waals surface area contributed by atoms with Gasteiger partial charge in [-0.1, -0.05) is 48.5 Å². The number of allylic oxidation sites excluding steroid dienone is 2. The number of hydrogen-bond donors (Lipinski definition) is 3. The van der Waals surface area contributed by atoms with Crippen LogP contribution in [0.15, 0.2) is 95.3 Å². The number of benzene rings is 3. The number of ketones is 1. The third-order valence-corrected chi connectivity index (χ3v) is 7.20. The van der Waals surface area contributed by atoms with Crippen LogP contribution in [0.2, 0.25) is 0 Å². The van der Waals surface area contributed by atoms with Crippen LogP contribution >= 0.6 is 0 Å². The van der Waals surface area contributed by atoms with Crippen molar-refractivity contribution in [3.05, 3.63) is 122 Å². The molecule has 4 aromatic rings. The molecule has 0 saturated heterocycles. The van der Waals surface area contributed by atoms with Gasteiger partial charge in [0, 0.05) is 34.2 Å². The third kappa shape index (κ3) is 7.33. The van der Waals surface area contributed by atoms with Crippen molar-refractivity contribution < 1.29 is 38.3 Å². The zero-order valence-corrected chi connectivity index (χ0v) is 26.1. The molecule has 0 aliphatic carbocycles. The van der Waals surface area contributed by atoms with Gasteiger partial charge in [-0.25, -0.2) is 19.4 Å². The first kappa shape index (κ1) is 33.6. The van der Waals surface area contributed by atoms with Gasteiger partial charge in [0.05, 0.1) is 54.4 Å². The number of imidazole rings is 1. The number of fused-ring (bicyclic) bond motifs is 1. The topological polar surface area (TPSA) is 192 Å². The van der Waals surface area contributed by atoms with E-state index >= 15 is 0 Å². The number of amides is 1. The number of esters is 2. The number of anilines is 1. The van der Waals surface area contributed by atoms with E-state index in [2.05, 4.69) is 25.3 Å². The van der Waals surface area contributed by atoms with Gasteiger partial charge in [-0.15, -0.1) is 0 Å². The van der Waals surface area contributed by atoms with Crippen molar-refractivity contribution in [2.75, 3.05) is 26.6 Å². The Morgan fingerprint density at radius 1 is 0.809 bits per heavy atom. The van der Waals surface area contributed by atoms with Gasteiger partial charge in [-0.2, -0.15) is 0 Å². The quantitative estimate of drug-likeness (QED) is 0.0795. The lowest BCUT2D eigenvalue weighted by Gasteiger charge is -2.29. The van der Waals surface area contributed by atoms with Crippen molar-refractivity contribution in [1.29, 1.82) is 0 Å². The zero-order valence-electron chi connectivity index (χ0n) is 26.1. The second-order valence-electron chi connectivity index (χ2n) is 10.1. The second-order valence-corrected chi connectivity index (χ2v) is 10.1. The highest BCUT2D eigenvalue weighted by Gasteiger charge is 2.40. The number of methoxy groups -OCH3 is 3. The number of aromatic amines is 1. The molecule has 1 aromatic heterocycles. The molecule has 1 amide bonds. The van der Waals surface area contributed by atoms with Crippen LogP contribution < -0.4 is 10.6 Å². The summed E-state index contributed by atoms with van der Waals surface area (Å²) in [5.74, 6) is -2.13. The fourth-order valence-electron chi connectivity index (χ4n) is 5.08. The number of H-pyrrole nitrogens is 1. The molecular formula is C33H31N5O9. The highest BCUT2D eigenvalue weighted by molar-refractivity contribution is 6.10. The minimum absolute atomic E-state index is 0.0698. The molecule has 3 aromatic carbocycles. The van der Waals surface area contributed by atoms with Crippen LogP contribution in [0.5, 0.6) is 0 Å². The van der Waals surface area contributed by atoms with Gasteiger partial charge in [-0.3, -0.25) is 20.2 Å². The maximum atomic E-state index is 12.4. The van der Waals surface area contributed by atoms with Crippen LogP contribution in [0.3, 0.4) is 0 Å². The van der Waals surface area contributed by atoms with Crippen LogP contribution in [0.1, 0.15) is 41.3 Å². The highest BCUT2D eigenvalue weighted by Crippen LogP contribution is 2.42. The molecule has 1 aliphatic heterocycles. The van der Waals surface area contributed by atoms with Gasteiger partial charge in [-0.05, 0) is 32.0 Å². The Labute approximate surface area is 268 Å². The number of nitrogens with zero attached hydrogens (tertiary/aromatic N) is 2. The van der Waals surface area contributed by atoms with Crippen LogP contribution in [0, 0.1) is 10.1 Å². The summed E-state index contributed by atoms with van der Waals surface area (Å²) in [5.41, 5.74) is 3.67. The third-order valence-electron chi connectivity index (χ3n) is 7.20. The van der Waals surface area contributed by atoms with E-state index in [-0.39, 0.29) is 34.1 Å². The maximum absolute atomic E-state index is 12.4. The lowest BCUT2D eigenvalue weighted by Crippen LogP contribution is -2.32. The largest absolute Gasteiger partial charge is 0.466 e. The summed E-state index contributed by atoms with van der Waals surface area (Å²) in [6.07, 6.45) is -0.611. The average molecular weight is 642 g/mol. The predicted octanol–water partition coefficient (Wildman–Crippen LogP) is 5.15. The smallest absolute Gasteiger partial charge is 0.413 e. The SMILES string of the molecule is COC(=O)C1=C(C)NC(C)=C(C(=O)OC)C1c1ccccc1[N+](=O)[O-].COC(=O)Nc1nc2ccc(C(=O)c3ccccc3)cc2[nH]1. The zero-order chi connectivity index (χ0) is 34.2. The first-order valence-electron chi connectivity index (χ1n) is 14.0. The summed E-state index contributed by atoms with van der Waals surface area (Å²) in [4.78, 5) is 66.3. The molecule has 5 rings (SSSR count). The molecule has 3 N–H and O–H groups in total. The number of hydrogen-bond acceptors (Lipinski definition) is 11. The molecule has 242 valence electrons. The number of nitro benzene ring substituents is 1. The van der Waals surface area contributed by atoms with Crippen molar-refractivity contribution in [2.24, 2.45) is 0 Å². The van der Waals surface area contributed by atoms with Crippen molar-refractivity contribution in [3.63, 3.8) is 0 Å². The molecule has 0 saturated carbocycles. The minimum Gasteiger partial charge on any atom is -0.466 e. The van der Waals surface area contributed by atoms with E-state index in [0.29, 0.717) is 33.6 Å². The fraction of sp³-hybridized carbons (Fsp3) is 0.182. The van der Waals surface area contributed by atoms with Crippen LogP contribution in [-0.2, 0) is 23.8 Å². The number of para-hydroxylation sites is 1. The van der Waals surface area contributed by atoms with Gasteiger partial charge in [0.15, 0.2) is 5.78 Å². The Kier molecular flexibility index (Phi) is 10.5. The number of carbonyl (C=O) groups excluding carboxylic acids is 4. The van der Waals surface area contributed by atoms with E-state index in [1.54, 1.807) is 50.2 Å². The van der Waals surface area contributed by atoms with E-state index in [1.807, 2.05) is 18.2 Å². The summed E-state index contributed by atoms with van der Waals surface area (Å²) < 4.78 is 14.2. The first-order valence-corrected chi connectivity index (χ1v) is 14.0. The van der Waals surface area contributed by atoms with E-state index in [0.717, 1.165) is 0 Å². The molecule has 14 heteroatoms. The molecule has 0 fully saturated rings. The van der Waals surface area contributed by atoms with Gasteiger partial charge < -0.3 is 24.5 Å². The normalized spacial score (nSPS) is 12.8. The fourth-order valence-corrected chi connectivity index (χ4v) is 5.08. The summed E-state index contributed by atoms with van der Waals surface area (Å²) in [6, 6.07) is 20.1. The monoisotopic (exact) mass is 641 g/mol. The molecule has 2 heterocycles. The standard InChI is InChI=1S/C17H18N2O6.C16H13N3O3/c1-9-13(16(20)24-3)15(14(10(2)18-9)17(21)25-4)11-7-5-6-8-12(11)19(22)23;1-22-16(21)19-15-17-12-8-7-11(9-13(12)18-15)14(20)10-5-3-2-4-6-10/h5-8,15,18H,1-4H3;2-9H,1H3,(H2,17,18,19,21). The number of dihydropyridines is 1. The van der Waals surface area contributed by atoms with Crippen LogP contribution in [0.25, 0.3) is 11.0 Å². The molecule has 0 atom stereocenters. The Morgan fingerprint density at radius 3 is 1.98 bits per heavy atom. The molecule has 1 aliphatic rings. The number of nitro groups is 1. The molecular weight excluding hydrogens is 610 g/mol. The summed E-state index contributed by atoms with van der Waals surface area (Å²) >= 11 is 0. The van der Waals surface area contributed by atoms with Crippen molar-refractivity contribution in [2.45, 2.75) is 19.8 Å². The summed E-state index contributed by atoms with van der Waals surface area (Å²) in [6.45, 7) is 3.29. The van der Waals surface area contributed by atoms with E-state index in [4.69, 9.17) is 9.47 Å².